The molecule has 0 bridgehead atoms. The van der Waals surface area contributed by atoms with Crippen molar-refractivity contribution < 1.29 is 0 Å². The predicted molar refractivity (Wildman–Crippen MR) is 78.7 cm³/mol. The average Bonchev–Trinajstić information content (AvgIpc) is 2.97. The van der Waals surface area contributed by atoms with Crippen LogP contribution in [0, 0.1) is 11.3 Å². The molecular formula is C16H10ClN3. The molecule has 20 heavy (non-hydrogen) atoms. The quantitative estimate of drug-likeness (QED) is 0.710. The summed E-state index contributed by atoms with van der Waals surface area (Å²) in [6.45, 7) is 0. The highest BCUT2D eigenvalue weighted by molar-refractivity contribution is 6.33. The van der Waals surface area contributed by atoms with Crippen molar-refractivity contribution >= 4 is 11.6 Å². The molecule has 3 nitrogen and oxygen atoms in total. The molecule has 0 aliphatic carbocycles. The first kappa shape index (κ1) is 12.5. The minimum Gasteiger partial charge on any atom is -0.240 e. The predicted octanol–water partition coefficient (Wildman–Crippen LogP) is 4.06. The van der Waals surface area contributed by atoms with Gasteiger partial charge >= 0.3 is 0 Å². The molecule has 0 saturated heterocycles. The number of nitrogens with zero attached hydrogens (tertiary/aromatic N) is 3. The van der Waals surface area contributed by atoms with Gasteiger partial charge in [-0.15, -0.1) is 0 Å². The summed E-state index contributed by atoms with van der Waals surface area (Å²) < 4.78 is 1.74. The Labute approximate surface area is 121 Å². The third-order valence-electron chi connectivity index (χ3n) is 3.01. The van der Waals surface area contributed by atoms with Crippen LogP contribution >= 0.6 is 11.6 Å². The van der Waals surface area contributed by atoms with Crippen LogP contribution in [0.5, 0.6) is 0 Å². The number of benzene rings is 2. The van der Waals surface area contributed by atoms with Gasteiger partial charge in [-0.3, -0.25) is 0 Å². The molecule has 0 amide bonds. The summed E-state index contributed by atoms with van der Waals surface area (Å²) >= 11 is 6.18. The molecule has 0 radical (unpaired) electrons. The van der Waals surface area contributed by atoms with E-state index in [0.29, 0.717) is 10.6 Å². The van der Waals surface area contributed by atoms with Crippen LogP contribution < -0.4 is 0 Å². The summed E-state index contributed by atoms with van der Waals surface area (Å²) in [7, 11) is 0. The van der Waals surface area contributed by atoms with Gasteiger partial charge in [0.2, 0.25) is 0 Å². The van der Waals surface area contributed by atoms with E-state index in [0.717, 1.165) is 16.8 Å². The molecule has 96 valence electrons. The van der Waals surface area contributed by atoms with Gasteiger partial charge in [0.1, 0.15) is 0 Å². The third-order valence-corrected chi connectivity index (χ3v) is 3.34. The highest BCUT2D eigenvalue weighted by atomic mass is 35.5. The van der Waals surface area contributed by atoms with E-state index >= 15 is 0 Å². The Morgan fingerprint density at radius 3 is 2.75 bits per heavy atom. The topological polar surface area (TPSA) is 41.6 Å². The normalized spacial score (nSPS) is 10.2. The molecule has 3 rings (SSSR count). The Kier molecular flexibility index (Phi) is 3.24. The molecule has 0 fully saturated rings. The van der Waals surface area contributed by atoms with E-state index in [-0.39, 0.29) is 0 Å². The van der Waals surface area contributed by atoms with Gasteiger partial charge in [0.25, 0.3) is 0 Å². The third kappa shape index (κ3) is 2.29. The van der Waals surface area contributed by atoms with Crippen LogP contribution in [0.2, 0.25) is 5.02 Å². The molecule has 1 aromatic heterocycles. The van der Waals surface area contributed by atoms with E-state index in [2.05, 4.69) is 11.2 Å². The SMILES string of the molecule is N#Cc1cccc(-n2cc(-c3ccccc3Cl)cn2)c1. The van der Waals surface area contributed by atoms with E-state index in [9.17, 15) is 0 Å². The van der Waals surface area contributed by atoms with Crippen molar-refractivity contribution in [2.75, 3.05) is 0 Å². The Morgan fingerprint density at radius 1 is 1.10 bits per heavy atom. The van der Waals surface area contributed by atoms with Crippen LogP contribution in [0.25, 0.3) is 16.8 Å². The second-order valence-electron chi connectivity index (χ2n) is 4.32. The maximum atomic E-state index is 8.93. The lowest BCUT2D eigenvalue weighted by molar-refractivity contribution is 0.880. The van der Waals surface area contributed by atoms with Crippen molar-refractivity contribution in [3.8, 4) is 22.9 Å². The standard InChI is InChI=1S/C16H10ClN3/c17-16-7-2-1-6-15(16)13-10-19-20(11-13)14-5-3-4-12(8-14)9-18/h1-8,10-11H. The van der Waals surface area contributed by atoms with Crippen molar-refractivity contribution in [2.24, 2.45) is 0 Å². The molecule has 0 N–H and O–H groups in total. The van der Waals surface area contributed by atoms with E-state index in [1.807, 2.05) is 42.6 Å². The van der Waals surface area contributed by atoms with Gasteiger partial charge < -0.3 is 0 Å². The summed E-state index contributed by atoms with van der Waals surface area (Å²) in [4.78, 5) is 0. The van der Waals surface area contributed by atoms with Gasteiger partial charge in [0.15, 0.2) is 0 Å². The molecule has 0 spiro atoms. The summed E-state index contributed by atoms with van der Waals surface area (Å²) in [6, 6.07) is 17.1. The Morgan fingerprint density at radius 2 is 1.95 bits per heavy atom. The summed E-state index contributed by atoms with van der Waals surface area (Å²) in [5.74, 6) is 0. The van der Waals surface area contributed by atoms with Crippen molar-refractivity contribution in [1.82, 2.24) is 9.78 Å². The van der Waals surface area contributed by atoms with Gasteiger partial charge in [0.05, 0.1) is 23.5 Å². The molecule has 0 aliphatic heterocycles. The van der Waals surface area contributed by atoms with Gasteiger partial charge in [-0.2, -0.15) is 10.4 Å². The van der Waals surface area contributed by atoms with Crippen LogP contribution in [0.3, 0.4) is 0 Å². The second kappa shape index (κ2) is 5.20. The van der Waals surface area contributed by atoms with E-state index < -0.39 is 0 Å². The zero-order chi connectivity index (χ0) is 13.9. The molecule has 2 aromatic carbocycles. The fraction of sp³-hybridized carbons (Fsp3) is 0. The number of hydrogen-bond donors (Lipinski definition) is 0. The lowest BCUT2D eigenvalue weighted by atomic mass is 10.1. The van der Waals surface area contributed by atoms with E-state index in [1.54, 1.807) is 23.0 Å². The highest BCUT2D eigenvalue weighted by Gasteiger charge is 2.06. The smallest absolute Gasteiger partial charge is 0.0992 e. The fourth-order valence-electron chi connectivity index (χ4n) is 2.02. The van der Waals surface area contributed by atoms with E-state index in [1.165, 1.54) is 0 Å². The molecule has 0 unspecified atom stereocenters. The fourth-order valence-corrected chi connectivity index (χ4v) is 2.26. The molecule has 0 saturated carbocycles. The van der Waals surface area contributed by atoms with E-state index in [4.69, 9.17) is 16.9 Å². The van der Waals surface area contributed by atoms with Crippen LogP contribution in [0.4, 0.5) is 0 Å². The summed E-state index contributed by atoms with van der Waals surface area (Å²) in [5, 5.41) is 14.0. The summed E-state index contributed by atoms with van der Waals surface area (Å²) in [5.41, 5.74) is 3.34. The number of hydrogen-bond acceptors (Lipinski definition) is 2. The number of aromatic nitrogens is 2. The Bertz CT molecular complexity index is 799. The minimum atomic E-state index is 0.609. The number of rotatable bonds is 2. The molecule has 0 aliphatic rings. The second-order valence-corrected chi connectivity index (χ2v) is 4.72. The van der Waals surface area contributed by atoms with Crippen molar-refractivity contribution in [3.05, 3.63) is 71.5 Å². The van der Waals surface area contributed by atoms with Gasteiger partial charge in [-0.1, -0.05) is 35.9 Å². The first-order valence-electron chi connectivity index (χ1n) is 6.08. The largest absolute Gasteiger partial charge is 0.240 e. The minimum absolute atomic E-state index is 0.609. The molecule has 3 aromatic rings. The average molecular weight is 280 g/mol. The monoisotopic (exact) mass is 279 g/mol. The van der Waals surface area contributed by atoms with Crippen LogP contribution in [0.15, 0.2) is 60.9 Å². The van der Waals surface area contributed by atoms with Crippen molar-refractivity contribution in [3.63, 3.8) is 0 Å². The van der Waals surface area contributed by atoms with Crippen LogP contribution in [-0.4, -0.2) is 9.78 Å². The molecule has 4 heteroatoms. The van der Waals surface area contributed by atoms with Gasteiger partial charge in [-0.25, -0.2) is 4.68 Å². The lowest BCUT2D eigenvalue weighted by Crippen LogP contribution is -1.94. The van der Waals surface area contributed by atoms with Gasteiger partial charge in [0, 0.05) is 22.3 Å². The zero-order valence-corrected chi connectivity index (χ0v) is 11.2. The Balaban J connectivity index is 2.02. The number of halogens is 1. The molecular weight excluding hydrogens is 270 g/mol. The van der Waals surface area contributed by atoms with Crippen molar-refractivity contribution in [2.45, 2.75) is 0 Å². The van der Waals surface area contributed by atoms with Crippen LogP contribution in [0.1, 0.15) is 5.56 Å². The first-order valence-corrected chi connectivity index (χ1v) is 6.46. The number of nitriles is 1. The highest BCUT2D eigenvalue weighted by Crippen LogP contribution is 2.27. The first-order chi connectivity index (χ1) is 9.78. The Hall–Kier alpha value is -2.57. The lowest BCUT2D eigenvalue weighted by Gasteiger charge is -2.01. The summed E-state index contributed by atoms with van der Waals surface area (Å²) in [6.07, 6.45) is 3.66. The van der Waals surface area contributed by atoms with Crippen LogP contribution in [-0.2, 0) is 0 Å². The van der Waals surface area contributed by atoms with Crippen molar-refractivity contribution in [1.29, 1.82) is 5.26 Å². The van der Waals surface area contributed by atoms with Gasteiger partial charge in [-0.05, 0) is 24.3 Å². The maximum Gasteiger partial charge on any atom is 0.0992 e. The maximum absolute atomic E-state index is 8.93. The zero-order valence-electron chi connectivity index (χ0n) is 10.5. The molecule has 0 atom stereocenters. The molecule has 1 heterocycles.